The molecule has 3 N–H and O–H groups in total. The molecule has 8 nitrogen and oxygen atoms in total. The Kier molecular flexibility index (Phi) is 6.63. The number of nitrogens with zero attached hydrogens (tertiary/aromatic N) is 3. The lowest BCUT2D eigenvalue weighted by molar-refractivity contribution is -0.126. The maximum atomic E-state index is 14.5. The monoisotopic (exact) mass is 560 g/mol. The first kappa shape index (κ1) is 25.6. The number of hydrogen-bond donors (Lipinski definition) is 3. The summed E-state index contributed by atoms with van der Waals surface area (Å²) in [5.74, 6) is 0.106. The Morgan fingerprint density at radius 3 is 2.74 bits per heavy atom. The fourth-order valence-corrected chi connectivity index (χ4v) is 6.22. The second-order valence-electron chi connectivity index (χ2n) is 9.55. The van der Waals surface area contributed by atoms with Crippen molar-refractivity contribution in [1.82, 2.24) is 20.8 Å². The number of fused-ring (bicyclic) bond motifs is 1. The molecule has 4 heterocycles. The summed E-state index contributed by atoms with van der Waals surface area (Å²) in [6, 6.07) is 12.6. The summed E-state index contributed by atoms with van der Waals surface area (Å²) in [5.41, 5.74) is 1.28. The van der Waals surface area contributed by atoms with Crippen LogP contribution in [0, 0.1) is 0 Å². The van der Waals surface area contributed by atoms with Crippen molar-refractivity contribution >= 4 is 38.8 Å². The van der Waals surface area contributed by atoms with E-state index in [4.69, 9.17) is 4.52 Å². The zero-order chi connectivity index (χ0) is 27.1. The van der Waals surface area contributed by atoms with E-state index in [1.807, 2.05) is 18.2 Å². The van der Waals surface area contributed by atoms with Gasteiger partial charge in [0.05, 0.1) is 34.3 Å². The van der Waals surface area contributed by atoms with E-state index < -0.39 is 30.9 Å². The minimum atomic E-state index is -4.48. The highest BCUT2D eigenvalue weighted by Crippen LogP contribution is 2.44. The molecule has 2 saturated heterocycles. The topological polar surface area (TPSA) is 95.3 Å². The third-order valence-electron chi connectivity index (χ3n) is 6.86. The number of thiophene rings is 1. The van der Waals surface area contributed by atoms with Crippen molar-refractivity contribution in [2.75, 3.05) is 29.9 Å². The highest BCUT2D eigenvalue weighted by Gasteiger charge is 2.36. The summed E-state index contributed by atoms with van der Waals surface area (Å²) >= 11 is 1.10. The van der Waals surface area contributed by atoms with Gasteiger partial charge in [-0.25, -0.2) is 9.18 Å². The molecule has 2 aromatic heterocycles. The molecule has 0 unspecified atom stereocenters. The number of amides is 2. The summed E-state index contributed by atoms with van der Waals surface area (Å²) < 4.78 is 61.5. The number of nitrogens with one attached hydrogen (secondary N) is 3. The van der Waals surface area contributed by atoms with Gasteiger partial charge in [-0.1, -0.05) is 35.5 Å². The SMILES string of the molecule is O=C1N[C@@H](c2nc(-c3sc4c(N[C@@H]5CCNC[C@@H]5F)cccc4c3CC(F)(F)F)no2)CN1c1ccccc1. The lowest BCUT2D eigenvalue weighted by atomic mass is 10.0. The van der Waals surface area contributed by atoms with E-state index in [9.17, 15) is 22.4 Å². The van der Waals surface area contributed by atoms with Crippen molar-refractivity contribution in [3.05, 3.63) is 60.0 Å². The number of alkyl halides is 4. The quantitative estimate of drug-likeness (QED) is 0.272. The number of rotatable bonds is 6. The molecule has 0 bridgehead atoms. The normalized spacial score (nSPS) is 21.9. The first-order valence-electron chi connectivity index (χ1n) is 12.5. The fourth-order valence-electron chi connectivity index (χ4n) is 5.00. The molecule has 2 aromatic carbocycles. The van der Waals surface area contributed by atoms with Crippen LogP contribution in [0.4, 0.5) is 33.7 Å². The van der Waals surface area contributed by atoms with Gasteiger partial charge in [0.15, 0.2) is 0 Å². The maximum Gasteiger partial charge on any atom is 0.393 e. The van der Waals surface area contributed by atoms with Gasteiger partial charge in [-0.3, -0.25) is 4.90 Å². The number of carbonyl (C=O) groups excluding carboxylic acids is 1. The van der Waals surface area contributed by atoms with Crippen LogP contribution in [0.1, 0.15) is 23.9 Å². The molecular formula is C26H24F4N6O2S. The number of halogens is 4. The molecule has 4 aromatic rings. The summed E-state index contributed by atoms with van der Waals surface area (Å²) in [6.45, 7) is 1.09. The van der Waals surface area contributed by atoms with Crippen molar-refractivity contribution < 1.29 is 26.9 Å². The van der Waals surface area contributed by atoms with E-state index in [0.717, 1.165) is 11.3 Å². The van der Waals surface area contributed by atoms with Gasteiger partial charge in [0, 0.05) is 12.2 Å². The van der Waals surface area contributed by atoms with Gasteiger partial charge in [0.2, 0.25) is 5.82 Å². The Bertz CT molecular complexity index is 1490. The van der Waals surface area contributed by atoms with Gasteiger partial charge in [-0.15, -0.1) is 11.3 Å². The summed E-state index contributed by atoms with van der Waals surface area (Å²) in [6.07, 6.45) is -6.24. The number of aromatic nitrogens is 2. The van der Waals surface area contributed by atoms with Gasteiger partial charge in [-0.05, 0) is 42.1 Å². The van der Waals surface area contributed by atoms with Crippen LogP contribution in [0.25, 0.3) is 20.8 Å². The Morgan fingerprint density at radius 2 is 1.97 bits per heavy atom. The molecule has 2 fully saturated rings. The summed E-state index contributed by atoms with van der Waals surface area (Å²) in [7, 11) is 0. The Hall–Kier alpha value is -3.71. The van der Waals surface area contributed by atoms with Crippen LogP contribution in [0.15, 0.2) is 53.1 Å². The number of carbonyl (C=O) groups is 1. The highest BCUT2D eigenvalue weighted by molar-refractivity contribution is 7.23. The van der Waals surface area contributed by atoms with Crippen LogP contribution in [0.2, 0.25) is 0 Å². The lowest BCUT2D eigenvalue weighted by Crippen LogP contribution is -2.45. The molecule has 13 heteroatoms. The number of anilines is 2. The number of hydrogen-bond acceptors (Lipinski definition) is 7. The molecule has 0 radical (unpaired) electrons. The van der Waals surface area contributed by atoms with E-state index in [1.54, 1.807) is 30.3 Å². The molecule has 2 aliphatic heterocycles. The molecule has 2 aliphatic rings. The van der Waals surface area contributed by atoms with Crippen LogP contribution >= 0.6 is 11.3 Å². The number of urea groups is 1. The fraction of sp³-hybridized carbons (Fsp3) is 0.346. The van der Waals surface area contributed by atoms with Crippen LogP contribution in [-0.4, -0.2) is 54.2 Å². The van der Waals surface area contributed by atoms with E-state index in [0.29, 0.717) is 34.4 Å². The van der Waals surface area contributed by atoms with Gasteiger partial charge < -0.3 is 20.5 Å². The van der Waals surface area contributed by atoms with Gasteiger partial charge >= 0.3 is 12.2 Å². The molecule has 0 spiro atoms. The molecule has 6 rings (SSSR count). The second kappa shape index (κ2) is 10.1. The van der Waals surface area contributed by atoms with E-state index in [-0.39, 0.29) is 41.3 Å². The number of benzene rings is 2. The van der Waals surface area contributed by atoms with Crippen LogP contribution in [-0.2, 0) is 6.42 Å². The van der Waals surface area contributed by atoms with Gasteiger partial charge in [-0.2, -0.15) is 18.2 Å². The summed E-state index contributed by atoms with van der Waals surface area (Å²) in [4.78, 5) is 18.7. The van der Waals surface area contributed by atoms with E-state index in [1.165, 1.54) is 4.90 Å². The molecule has 3 atom stereocenters. The Labute approximate surface area is 224 Å². The van der Waals surface area contributed by atoms with Crippen LogP contribution in [0.3, 0.4) is 0 Å². The third-order valence-corrected chi connectivity index (χ3v) is 8.14. The zero-order valence-corrected chi connectivity index (χ0v) is 21.3. The standard InChI is InChI=1S/C26H24F4N6O2S/c27-17-12-31-10-9-18(17)32-19-8-4-7-15-16(11-26(28,29)30)22(39-21(15)19)23-34-24(38-35-23)20-13-36(25(37)33-20)14-5-2-1-3-6-14/h1-8,17-18,20,31-32H,9-13H2,(H,33,37)/t17-,18+,20+/m0/s1. The summed E-state index contributed by atoms with van der Waals surface area (Å²) in [5, 5.41) is 13.4. The lowest BCUT2D eigenvalue weighted by Gasteiger charge is -2.28. The maximum absolute atomic E-state index is 14.5. The molecular weight excluding hydrogens is 536 g/mol. The average molecular weight is 561 g/mol. The van der Waals surface area contributed by atoms with Gasteiger partial charge in [0.25, 0.3) is 5.89 Å². The molecule has 0 aliphatic carbocycles. The van der Waals surface area contributed by atoms with Crippen molar-refractivity contribution in [3.8, 4) is 10.7 Å². The zero-order valence-electron chi connectivity index (χ0n) is 20.5. The minimum Gasteiger partial charge on any atom is -0.378 e. The predicted octanol–water partition coefficient (Wildman–Crippen LogP) is 5.44. The van der Waals surface area contributed by atoms with Crippen LogP contribution in [0.5, 0.6) is 0 Å². The second-order valence-corrected chi connectivity index (χ2v) is 10.6. The Morgan fingerprint density at radius 1 is 1.15 bits per heavy atom. The molecule has 2 amide bonds. The first-order chi connectivity index (χ1) is 18.8. The molecule has 0 saturated carbocycles. The highest BCUT2D eigenvalue weighted by atomic mass is 32.1. The van der Waals surface area contributed by atoms with Crippen LogP contribution < -0.4 is 20.9 Å². The number of piperidine rings is 1. The Balaban J connectivity index is 1.34. The van der Waals surface area contributed by atoms with Crippen molar-refractivity contribution in [1.29, 1.82) is 0 Å². The molecule has 39 heavy (non-hydrogen) atoms. The third kappa shape index (κ3) is 5.15. The molecule has 204 valence electrons. The largest absolute Gasteiger partial charge is 0.393 e. The smallest absolute Gasteiger partial charge is 0.378 e. The van der Waals surface area contributed by atoms with Crippen molar-refractivity contribution in [2.24, 2.45) is 0 Å². The van der Waals surface area contributed by atoms with E-state index >= 15 is 0 Å². The minimum absolute atomic E-state index is 0.00837. The van der Waals surface area contributed by atoms with Crippen molar-refractivity contribution in [3.63, 3.8) is 0 Å². The number of para-hydroxylation sites is 1. The van der Waals surface area contributed by atoms with Gasteiger partial charge in [0.1, 0.15) is 12.2 Å². The van der Waals surface area contributed by atoms with Crippen molar-refractivity contribution in [2.45, 2.75) is 37.3 Å². The van der Waals surface area contributed by atoms with E-state index in [2.05, 4.69) is 26.1 Å². The predicted molar refractivity (Wildman–Crippen MR) is 140 cm³/mol. The average Bonchev–Trinajstić information content (AvgIpc) is 3.63. The first-order valence-corrected chi connectivity index (χ1v) is 13.3.